The number of benzene rings is 1. The van der Waals surface area contributed by atoms with Gasteiger partial charge < -0.3 is 20.3 Å². The fourth-order valence-corrected chi connectivity index (χ4v) is 4.12. The van der Waals surface area contributed by atoms with Crippen LogP contribution in [0.3, 0.4) is 0 Å². The van der Waals surface area contributed by atoms with Crippen LogP contribution in [0, 0.1) is 5.92 Å². The number of likely N-dealkylation sites (N-methyl/N-ethyl adjacent to an activating group) is 1. The van der Waals surface area contributed by atoms with E-state index in [0.717, 1.165) is 29.8 Å². The first-order valence-electron chi connectivity index (χ1n) is 9.49. The maximum atomic E-state index is 12.5. The molecule has 154 valence electrons. The van der Waals surface area contributed by atoms with E-state index >= 15 is 0 Å². The molecule has 0 saturated carbocycles. The normalized spacial score (nSPS) is 15.8. The van der Waals surface area contributed by atoms with E-state index in [0.29, 0.717) is 24.4 Å². The van der Waals surface area contributed by atoms with E-state index in [-0.39, 0.29) is 24.3 Å². The first-order chi connectivity index (χ1) is 14.0. The van der Waals surface area contributed by atoms with E-state index in [1.54, 1.807) is 25.3 Å². The zero-order valence-corrected chi connectivity index (χ0v) is 17.4. The highest BCUT2D eigenvalue weighted by Crippen LogP contribution is 2.28. The van der Waals surface area contributed by atoms with Crippen molar-refractivity contribution in [2.45, 2.75) is 12.8 Å². The monoisotopic (exact) mass is 415 g/mol. The Morgan fingerprint density at radius 3 is 2.76 bits per heavy atom. The molecule has 2 aromatic rings. The summed E-state index contributed by atoms with van der Waals surface area (Å²) >= 11 is 1.52. The largest absolute Gasteiger partial charge is 0.496 e. The van der Waals surface area contributed by atoms with Crippen LogP contribution < -0.4 is 15.4 Å². The van der Waals surface area contributed by atoms with Crippen LogP contribution in [0.1, 0.15) is 32.7 Å². The highest BCUT2D eigenvalue weighted by atomic mass is 32.1. The summed E-state index contributed by atoms with van der Waals surface area (Å²) < 4.78 is 5.46. The molecular weight excluding hydrogens is 390 g/mol. The Morgan fingerprint density at radius 1 is 1.24 bits per heavy atom. The van der Waals surface area contributed by atoms with Crippen LogP contribution in [0.4, 0.5) is 0 Å². The summed E-state index contributed by atoms with van der Waals surface area (Å²) in [5.74, 6) is 0.529. The number of carbonyl (C=O) groups is 3. The minimum absolute atomic E-state index is 0.0705. The third-order valence-electron chi connectivity index (χ3n) is 5.08. The fraction of sp³-hybridized carbons (Fsp3) is 0.381. The van der Waals surface area contributed by atoms with Gasteiger partial charge in [0.15, 0.2) is 0 Å². The van der Waals surface area contributed by atoms with Gasteiger partial charge in [-0.25, -0.2) is 0 Å². The highest BCUT2D eigenvalue weighted by molar-refractivity contribution is 7.08. The number of methoxy groups -OCH3 is 1. The van der Waals surface area contributed by atoms with Crippen molar-refractivity contribution < 1.29 is 19.1 Å². The summed E-state index contributed by atoms with van der Waals surface area (Å²) in [4.78, 5) is 38.1. The minimum Gasteiger partial charge on any atom is -0.496 e. The molecule has 7 nitrogen and oxygen atoms in total. The average Bonchev–Trinajstić information content (AvgIpc) is 3.43. The van der Waals surface area contributed by atoms with Crippen molar-refractivity contribution in [3.8, 4) is 5.75 Å². The molecule has 2 N–H and O–H groups in total. The second kappa shape index (κ2) is 9.56. The summed E-state index contributed by atoms with van der Waals surface area (Å²) in [6.45, 7) is 1.35. The Labute approximate surface area is 174 Å². The SMILES string of the molecule is CNC(=O)CNC(=O)c1ccc(OC)c(CC2CCN(C(=O)c3ccsc3)C2)c1. The number of nitrogens with one attached hydrogen (secondary N) is 2. The van der Waals surface area contributed by atoms with Crippen LogP contribution in [-0.2, 0) is 11.2 Å². The predicted molar refractivity (Wildman–Crippen MR) is 111 cm³/mol. The Kier molecular flexibility index (Phi) is 6.87. The summed E-state index contributed by atoms with van der Waals surface area (Å²) in [6, 6.07) is 7.11. The van der Waals surface area contributed by atoms with Crippen molar-refractivity contribution in [2.24, 2.45) is 5.92 Å². The summed E-state index contributed by atoms with van der Waals surface area (Å²) in [5.41, 5.74) is 2.15. The van der Waals surface area contributed by atoms with Gasteiger partial charge in [-0.15, -0.1) is 0 Å². The van der Waals surface area contributed by atoms with E-state index in [1.807, 2.05) is 21.7 Å². The average molecular weight is 416 g/mol. The van der Waals surface area contributed by atoms with Crippen molar-refractivity contribution in [1.82, 2.24) is 15.5 Å². The van der Waals surface area contributed by atoms with Gasteiger partial charge in [0.2, 0.25) is 5.91 Å². The van der Waals surface area contributed by atoms with Crippen molar-refractivity contribution in [3.63, 3.8) is 0 Å². The molecule has 3 rings (SSSR count). The van der Waals surface area contributed by atoms with Crippen LogP contribution in [0.25, 0.3) is 0 Å². The first kappa shape index (κ1) is 20.9. The number of hydrogen-bond donors (Lipinski definition) is 2. The number of carbonyl (C=O) groups excluding carboxylic acids is 3. The maximum Gasteiger partial charge on any atom is 0.254 e. The topological polar surface area (TPSA) is 87.7 Å². The van der Waals surface area contributed by atoms with Crippen LogP contribution in [0.5, 0.6) is 5.75 Å². The van der Waals surface area contributed by atoms with Crippen LogP contribution in [0.15, 0.2) is 35.0 Å². The lowest BCUT2D eigenvalue weighted by Crippen LogP contribution is -2.35. The third-order valence-corrected chi connectivity index (χ3v) is 5.76. The molecule has 1 unspecified atom stereocenters. The molecular formula is C21H25N3O4S. The quantitative estimate of drug-likeness (QED) is 0.723. The highest BCUT2D eigenvalue weighted by Gasteiger charge is 2.28. The minimum atomic E-state index is -0.307. The van der Waals surface area contributed by atoms with Gasteiger partial charge in [0.1, 0.15) is 5.75 Å². The molecule has 1 aromatic heterocycles. The molecule has 1 saturated heterocycles. The van der Waals surface area contributed by atoms with Gasteiger partial charge in [-0.05, 0) is 54.0 Å². The molecule has 1 fully saturated rings. The summed E-state index contributed by atoms with van der Waals surface area (Å²) in [5, 5.41) is 8.85. The second-order valence-corrected chi connectivity index (χ2v) is 7.78. The Balaban J connectivity index is 1.66. The van der Waals surface area contributed by atoms with E-state index in [2.05, 4.69) is 10.6 Å². The van der Waals surface area contributed by atoms with Gasteiger partial charge in [0.25, 0.3) is 11.8 Å². The third kappa shape index (κ3) is 5.14. The Bertz CT molecular complexity index is 882. The molecule has 2 heterocycles. The Morgan fingerprint density at radius 2 is 2.07 bits per heavy atom. The summed E-state index contributed by atoms with van der Waals surface area (Å²) in [7, 11) is 3.12. The smallest absolute Gasteiger partial charge is 0.254 e. The molecule has 0 spiro atoms. The number of likely N-dealkylation sites (tertiary alicyclic amines) is 1. The molecule has 29 heavy (non-hydrogen) atoms. The summed E-state index contributed by atoms with van der Waals surface area (Å²) in [6.07, 6.45) is 1.62. The maximum absolute atomic E-state index is 12.5. The zero-order chi connectivity index (χ0) is 20.8. The molecule has 1 atom stereocenters. The van der Waals surface area contributed by atoms with Crippen molar-refractivity contribution in [1.29, 1.82) is 0 Å². The number of thiophene rings is 1. The predicted octanol–water partition coefficient (Wildman–Crippen LogP) is 1.94. The molecule has 0 radical (unpaired) electrons. The standard InChI is InChI=1S/C21H25N3O4S/c1-22-19(25)11-23-20(26)15-3-4-18(28-2)17(10-15)9-14-5-7-24(12-14)21(27)16-6-8-29-13-16/h3-4,6,8,10,13-14H,5,7,9,11-12H2,1-2H3,(H,22,25)(H,23,26). The molecule has 1 aliphatic rings. The molecule has 1 aromatic carbocycles. The van der Waals surface area contributed by atoms with E-state index in [4.69, 9.17) is 4.74 Å². The van der Waals surface area contributed by atoms with Gasteiger partial charge in [0, 0.05) is 31.1 Å². The number of hydrogen-bond acceptors (Lipinski definition) is 5. The van der Waals surface area contributed by atoms with Gasteiger partial charge in [-0.2, -0.15) is 11.3 Å². The second-order valence-electron chi connectivity index (χ2n) is 7.00. The lowest BCUT2D eigenvalue weighted by Gasteiger charge is -2.17. The molecule has 1 aliphatic heterocycles. The van der Waals surface area contributed by atoms with Crippen molar-refractivity contribution >= 4 is 29.1 Å². The number of nitrogens with zero attached hydrogens (tertiary/aromatic N) is 1. The first-order valence-corrected chi connectivity index (χ1v) is 10.4. The molecule has 8 heteroatoms. The van der Waals surface area contributed by atoms with Crippen LogP contribution in [0.2, 0.25) is 0 Å². The van der Waals surface area contributed by atoms with Crippen LogP contribution in [-0.4, -0.2) is 56.4 Å². The van der Waals surface area contributed by atoms with E-state index < -0.39 is 0 Å². The van der Waals surface area contributed by atoms with Crippen molar-refractivity contribution in [2.75, 3.05) is 33.8 Å². The molecule has 0 bridgehead atoms. The molecule has 3 amide bonds. The number of rotatable bonds is 7. The van der Waals surface area contributed by atoms with Crippen LogP contribution >= 0.6 is 11.3 Å². The van der Waals surface area contributed by atoms with E-state index in [9.17, 15) is 14.4 Å². The molecule has 0 aliphatic carbocycles. The lowest BCUT2D eigenvalue weighted by molar-refractivity contribution is -0.119. The van der Waals surface area contributed by atoms with Gasteiger partial charge in [-0.3, -0.25) is 14.4 Å². The lowest BCUT2D eigenvalue weighted by atomic mass is 9.96. The fourth-order valence-electron chi connectivity index (χ4n) is 3.49. The Hall–Kier alpha value is -2.87. The van der Waals surface area contributed by atoms with Gasteiger partial charge >= 0.3 is 0 Å². The van der Waals surface area contributed by atoms with Crippen molar-refractivity contribution in [3.05, 3.63) is 51.7 Å². The van der Waals surface area contributed by atoms with E-state index in [1.165, 1.54) is 18.4 Å². The number of ether oxygens (including phenoxy) is 1. The van der Waals surface area contributed by atoms with Gasteiger partial charge in [0.05, 0.1) is 19.2 Å². The zero-order valence-electron chi connectivity index (χ0n) is 16.6. The number of amides is 3. The van der Waals surface area contributed by atoms with Gasteiger partial charge in [-0.1, -0.05) is 0 Å².